The van der Waals surface area contributed by atoms with Crippen molar-refractivity contribution in [3.63, 3.8) is 0 Å². The third-order valence-electron chi connectivity index (χ3n) is 1.66. The van der Waals surface area contributed by atoms with Crippen LogP contribution in [0.25, 0.3) is 0 Å². The van der Waals surface area contributed by atoms with E-state index in [4.69, 9.17) is 6.42 Å². The Morgan fingerprint density at radius 3 is 2.43 bits per heavy atom. The summed E-state index contributed by atoms with van der Waals surface area (Å²) in [5, 5.41) is 0. The number of benzene rings is 1. The zero-order valence-electron chi connectivity index (χ0n) is 6.93. The van der Waals surface area contributed by atoms with Crippen LogP contribution in [0.3, 0.4) is 0 Å². The van der Waals surface area contributed by atoms with Gasteiger partial charge in [-0.3, -0.25) is 4.79 Å². The van der Waals surface area contributed by atoms with E-state index >= 15 is 0 Å². The van der Waals surface area contributed by atoms with Crippen LogP contribution in [0.4, 0.5) is 13.2 Å². The van der Waals surface area contributed by atoms with Gasteiger partial charge in [0.1, 0.15) is 0 Å². The molecule has 4 heteroatoms. The lowest BCUT2D eigenvalue weighted by atomic mass is 10.1. The van der Waals surface area contributed by atoms with Crippen molar-refractivity contribution in [3.05, 3.63) is 34.9 Å². The number of rotatable bonds is 1. The van der Waals surface area contributed by atoms with Crippen molar-refractivity contribution in [2.45, 2.75) is 6.18 Å². The van der Waals surface area contributed by atoms with E-state index in [1.165, 1.54) is 0 Å². The van der Waals surface area contributed by atoms with Crippen LogP contribution in [-0.4, -0.2) is 6.29 Å². The van der Waals surface area contributed by atoms with Crippen LogP contribution in [0.15, 0.2) is 18.2 Å². The maximum absolute atomic E-state index is 12.2. The Kier molecular flexibility index (Phi) is 2.61. The molecule has 0 radical (unpaired) electrons. The zero-order chi connectivity index (χ0) is 10.8. The van der Waals surface area contributed by atoms with Gasteiger partial charge < -0.3 is 0 Å². The molecule has 0 amide bonds. The van der Waals surface area contributed by atoms with E-state index in [2.05, 4.69) is 5.92 Å². The van der Waals surface area contributed by atoms with Crippen LogP contribution in [0.2, 0.25) is 0 Å². The number of halogens is 3. The van der Waals surface area contributed by atoms with Crippen LogP contribution in [0, 0.1) is 12.3 Å². The molecule has 0 N–H and O–H groups in total. The molecular formula is C10H5F3O. The van der Waals surface area contributed by atoms with Crippen molar-refractivity contribution in [3.8, 4) is 12.3 Å². The quantitative estimate of drug-likeness (QED) is 0.500. The summed E-state index contributed by atoms with van der Waals surface area (Å²) < 4.78 is 36.5. The molecule has 1 aromatic carbocycles. The number of hydrogen-bond acceptors (Lipinski definition) is 1. The predicted octanol–water partition coefficient (Wildman–Crippen LogP) is 2.50. The standard InChI is InChI=1S/C10H5F3O/c1-2-7-3-4-9(10(11,12)13)5-8(7)6-14/h1,3-6H. The summed E-state index contributed by atoms with van der Waals surface area (Å²) in [4.78, 5) is 10.4. The SMILES string of the molecule is C#Cc1ccc(C(F)(F)F)cc1C=O. The van der Waals surface area contributed by atoms with Crippen LogP contribution in [0.5, 0.6) is 0 Å². The Balaban J connectivity index is 3.30. The maximum Gasteiger partial charge on any atom is 0.416 e. The fourth-order valence-electron chi connectivity index (χ4n) is 0.968. The van der Waals surface area contributed by atoms with E-state index in [0.29, 0.717) is 6.29 Å². The average molecular weight is 198 g/mol. The lowest BCUT2D eigenvalue weighted by Gasteiger charge is -2.07. The van der Waals surface area contributed by atoms with Crippen molar-refractivity contribution in [1.82, 2.24) is 0 Å². The van der Waals surface area contributed by atoms with E-state index in [9.17, 15) is 18.0 Å². The van der Waals surface area contributed by atoms with Gasteiger partial charge in [0.25, 0.3) is 0 Å². The summed E-state index contributed by atoms with van der Waals surface area (Å²) in [5.41, 5.74) is -0.839. The highest BCUT2D eigenvalue weighted by Crippen LogP contribution is 2.30. The molecule has 0 spiro atoms. The molecular weight excluding hydrogens is 193 g/mol. The largest absolute Gasteiger partial charge is 0.416 e. The topological polar surface area (TPSA) is 17.1 Å². The third kappa shape index (κ3) is 1.94. The van der Waals surface area contributed by atoms with Crippen LogP contribution < -0.4 is 0 Å². The van der Waals surface area contributed by atoms with Gasteiger partial charge in [-0.05, 0) is 18.2 Å². The first-order valence-corrected chi connectivity index (χ1v) is 3.62. The second-order valence-electron chi connectivity index (χ2n) is 2.56. The van der Waals surface area contributed by atoms with Gasteiger partial charge >= 0.3 is 6.18 Å². The first kappa shape index (κ1) is 10.3. The van der Waals surface area contributed by atoms with Crippen LogP contribution >= 0.6 is 0 Å². The maximum atomic E-state index is 12.2. The summed E-state index contributed by atoms with van der Waals surface area (Å²) in [6, 6.07) is 2.69. The van der Waals surface area contributed by atoms with Gasteiger partial charge in [0.05, 0.1) is 5.56 Å². The minimum Gasteiger partial charge on any atom is -0.298 e. The first-order chi connectivity index (χ1) is 6.49. The number of carbonyl (C=O) groups is 1. The molecule has 0 saturated heterocycles. The molecule has 0 fully saturated rings. The average Bonchev–Trinajstić information content (AvgIpc) is 2.15. The molecule has 1 aromatic rings. The summed E-state index contributed by atoms with van der Waals surface area (Å²) in [6.45, 7) is 0. The van der Waals surface area contributed by atoms with Crippen molar-refractivity contribution in [2.75, 3.05) is 0 Å². The summed E-state index contributed by atoms with van der Waals surface area (Å²) in [7, 11) is 0. The molecule has 0 atom stereocenters. The molecule has 72 valence electrons. The van der Waals surface area contributed by atoms with Crippen molar-refractivity contribution < 1.29 is 18.0 Å². The van der Waals surface area contributed by atoms with Crippen LogP contribution in [0.1, 0.15) is 21.5 Å². The fraction of sp³-hybridized carbons (Fsp3) is 0.100. The molecule has 0 heterocycles. The smallest absolute Gasteiger partial charge is 0.298 e. The normalized spacial score (nSPS) is 10.7. The van der Waals surface area contributed by atoms with E-state index in [1.807, 2.05) is 0 Å². The van der Waals surface area contributed by atoms with Crippen molar-refractivity contribution in [1.29, 1.82) is 0 Å². The lowest BCUT2D eigenvalue weighted by Crippen LogP contribution is -2.06. The second-order valence-corrected chi connectivity index (χ2v) is 2.56. The Hall–Kier alpha value is -1.76. The number of hydrogen-bond donors (Lipinski definition) is 0. The summed E-state index contributed by atoms with van der Waals surface area (Å²) in [6.07, 6.45) is 0.852. The Morgan fingerprint density at radius 2 is 2.00 bits per heavy atom. The molecule has 14 heavy (non-hydrogen) atoms. The highest BCUT2D eigenvalue weighted by Gasteiger charge is 2.30. The van der Waals surface area contributed by atoms with Gasteiger partial charge in [-0.25, -0.2) is 0 Å². The lowest BCUT2D eigenvalue weighted by molar-refractivity contribution is -0.137. The fourth-order valence-corrected chi connectivity index (χ4v) is 0.968. The van der Waals surface area contributed by atoms with E-state index in [-0.39, 0.29) is 11.1 Å². The van der Waals surface area contributed by atoms with Gasteiger partial charge in [-0.15, -0.1) is 6.42 Å². The van der Waals surface area contributed by atoms with Gasteiger partial charge in [-0.2, -0.15) is 13.2 Å². The van der Waals surface area contributed by atoms with Crippen molar-refractivity contribution in [2.24, 2.45) is 0 Å². The number of alkyl halides is 3. The number of terminal acetylenes is 1. The van der Waals surface area contributed by atoms with Gasteiger partial charge in [0.15, 0.2) is 6.29 Å². The van der Waals surface area contributed by atoms with E-state index in [0.717, 1.165) is 18.2 Å². The molecule has 0 bridgehead atoms. The Labute approximate surface area is 78.5 Å². The third-order valence-corrected chi connectivity index (χ3v) is 1.66. The predicted molar refractivity (Wildman–Crippen MR) is 44.8 cm³/mol. The number of aldehydes is 1. The molecule has 0 saturated carbocycles. The molecule has 0 aliphatic carbocycles. The molecule has 1 nitrogen and oxygen atoms in total. The molecule has 0 unspecified atom stereocenters. The van der Waals surface area contributed by atoms with Gasteiger partial charge in [0, 0.05) is 11.1 Å². The Bertz CT molecular complexity index is 399. The molecule has 0 aliphatic heterocycles. The van der Waals surface area contributed by atoms with Gasteiger partial charge in [-0.1, -0.05) is 5.92 Å². The molecule has 0 aliphatic rings. The highest BCUT2D eigenvalue weighted by molar-refractivity contribution is 5.79. The monoisotopic (exact) mass is 198 g/mol. The molecule has 1 rings (SSSR count). The van der Waals surface area contributed by atoms with Crippen LogP contribution in [-0.2, 0) is 6.18 Å². The number of carbonyl (C=O) groups excluding carboxylic acids is 1. The van der Waals surface area contributed by atoms with Crippen molar-refractivity contribution >= 4 is 6.29 Å². The summed E-state index contributed by atoms with van der Waals surface area (Å²) in [5.74, 6) is 2.13. The second kappa shape index (κ2) is 3.54. The van der Waals surface area contributed by atoms with E-state index in [1.54, 1.807) is 0 Å². The summed E-state index contributed by atoms with van der Waals surface area (Å²) >= 11 is 0. The minimum absolute atomic E-state index is 0.123. The zero-order valence-corrected chi connectivity index (χ0v) is 6.93. The Morgan fingerprint density at radius 1 is 1.36 bits per heavy atom. The first-order valence-electron chi connectivity index (χ1n) is 3.62. The van der Waals surface area contributed by atoms with E-state index < -0.39 is 11.7 Å². The van der Waals surface area contributed by atoms with Gasteiger partial charge in [0.2, 0.25) is 0 Å². The highest BCUT2D eigenvalue weighted by atomic mass is 19.4. The minimum atomic E-state index is -4.45. The molecule has 0 aromatic heterocycles.